The van der Waals surface area contributed by atoms with Crippen LogP contribution in [-0.2, 0) is 10.0 Å². The van der Waals surface area contributed by atoms with Gasteiger partial charge in [0.15, 0.2) is 0 Å². The van der Waals surface area contributed by atoms with Crippen molar-refractivity contribution in [2.24, 2.45) is 11.8 Å². The van der Waals surface area contributed by atoms with Crippen molar-refractivity contribution in [3.8, 4) is 0 Å². The van der Waals surface area contributed by atoms with Gasteiger partial charge in [0.25, 0.3) is 0 Å². The summed E-state index contributed by atoms with van der Waals surface area (Å²) in [6.07, 6.45) is 4.67. The summed E-state index contributed by atoms with van der Waals surface area (Å²) in [5.41, 5.74) is 0. The fraction of sp³-hybridized carbons (Fsp3) is 0.538. The van der Waals surface area contributed by atoms with Gasteiger partial charge in [-0.1, -0.05) is 22.4 Å². The largest absolute Gasteiger partial charge is 0.240 e. The van der Waals surface area contributed by atoms with Gasteiger partial charge in [-0.25, -0.2) is 13.1 Å². The minimum absolute atomic E-state index is 0.150. The highest BCUT2D eigenvalue weighted by molar-refractivity contribution is 9.10. The predicted molar refractivity (Wildman–Crippen MR) is 73.7 cm³/mol. The lowest BCUT2D eigenvalue weighted by Crippen LogP contribution is -2.38. The Morgan fingerprint density at radius 2 is 1.83 bits per heavy atom. The standard InChI is InChI=1S/C13H16BrNO2S/c14-11-3-5-12(6-4-11)18(16,17)15-13-8-9-1-2-10(13)7-9/h3-6,9-10,13,15H,1-2,7-8H2/t9-,10+,13-/m1/s1. The van der Waals surface area contributed by atoms with E-state index in [1.54, 1.807) is 24.3 Å². The van der Waals surface area contributed by atoms with E-state index >= 15 is 0 Å². The lowest BCUT2D eigenvalue weighted by atomic mass is 9.96. The molecule has 0 amide bonds. The average Bonchev–Trinajstić information content (AvgIpc) is 2.91. The predicted octanol–water partition coefficient (Wildman–Crippen LogP) is 2.92. The third kappa shape index (κ3) is 2.36. The number of fused-ring (bicyclic) bond motifs is 2. The second-order valence-corrected chi connectivity index (χ2v) is 7.99. The van der Waals surface area contributed by atoms with E-state index in [0.29, 0.717) is 10.8 Å². The highest BCUT2D eigenvalue weighted by atomic mass is 79.9. The SMILES string of the molecule is O=S(=O)(N[C@@H]1C[C@@H]2CC[C@H]1C2)c1ccc(Br)cc1. The molecule has 2 bridgehead atoms. The number of hydrogen-bond donors (Lipinski definition) is 1. The zero-order valence-corrected chi connectivity index (χ0v) is 12.4. The van der Waals surface area contributed by atoms with Crippen molar-refractivity contribution in [2.45, 2.75) is 36.6 Å². The average molecular weight is 330 g/mol. The third-order valence-corrected chi connectivity index (χ3v) is 6.20. The molecule has 0 spiro atoms. The first-order valence-electron chi connectivity index (χ1n) is 6.32. The van der Waals surface area contributed by atoms with Gasteiger partial charge in [0.1, 0.15) is 0 Å². The van der Waals surface area contributed by atoms with Gasteiger partial charge < -0.3 is 0 Å². The van der Waals surface area contributed by atoms with E-state index < -0.39 is 10.0 Å². The van der Waals surface area contributed by atoms with Gasteiger partial charge in [0.05, 0.1) is 4.90 Å². The molecule has 0 heterocycles. The summed E-state index contributed by atoms with van der Waals surface area (Å²) in [5, 5.41) is 0. The summed E-state index contributed by atoms with van der Waals surface area (Å²) in [6, 6.07) is 6.95. The first kappa shape index (κ1) is 12.6. The molecule has 0 radical (unpaired) electrons. The minimum Gasteiger partial charge on any atom is -0.208 e. The van der Waals surface area contributed by atoms with Crippen LogP contribution in [0.5, 0.6) is 0 Å². The molecule has 3 atom stereocenters. The molecule has 5 heteroatoms. The van der Waals surface area contributed by atoms with Crippen LogP contribution in [0.1, 0.15) is 25.7 Å². The van der Waals surface area contributed by atoms with Crippen LogP contribution in [0, 0.1) is 11.8 Å². The van der Waals surface area contributed by atoms with Crippen LogP contribution in [0.15, 0.2) is 33.6 Å². The first-order chi connectivity index (χ1) is 8.54. The van der Waals surface area contributed by atoms with Gasteiger partial charge in [-0.05, 0) is 55.4 Å². The Kier molecular flexibility index (Phi) is 3.24. The lowest BCUT2D eigenvalue weighted by Gasteiger charge is -2.22. The summed E-state index contributed by atoms with van der Waals surface area (Å²) in [7, 11) is -3.35. The maximum atomic E-state index is 12.2. The molecule has 0 unspecified atom stereocenters. The molecule has 98 valence electrons. The minimum atomic E-state index is -3.35. The van der Waals surface area contributed by atoms with E-state index in [1.165, 1.54) is 19.3 Å². The van der Waals surface area contributed by atoms with Crippen molar-refractivity contribution in [3.05, 3.63) is 28.7 Å². The summed E-state index contributed by atoms with van der Waals surface area (Å²) in [5.74, 6) is 1.30. The molecule has 2 aliphatic rings. The van der Waals surface area contributed by atoms with Gasteiger partial charge in [-0.2, -0.15) is 0 Å². The molecule has 1 aromatic carbocycles. The number of halogens is 1. The van der Waals surface area contributed by atoms with E-state index in [4.69, 9.17) is 0 Å². The molecular formula is C13H16BrNO2S. The van der Waals surface area contributed by atoms with Crippen LogP contribution in [0.3, 0.4) is 0 Å². The Balaban J connectivity index is 1.77. The number of rotatable bonds is 3. The van der Waals surface area contributed by atoms with Gasteiger partial charge in [0, 0.05) is 10.5 Å². The maximum absolute atomic E-state index is 12.2. The van der Waals surface area contributed by atoms with Gasteiger partial charge >= 0.3 is 0 Å². The summed E-state index contributed by atoms with van der Waals surface area (Å²) in [6.45, 7) is 0. The molecule has 3 rings (SSSR count). The molecule has 2 aliphatic carbocycles. The summed E-state index contributed by atoms with van der Waals surface area (Å²) >= 11 is 3.31. The number of hydrogen-bond acceptors (Lipinski definition) is 2. The zero-order valence-electron chi connectivity index (χ0n) is 9.97. The highest BCUT2D eigenvalue weighted by Crippen LogP contribution is 2.44. The molecule has 18 heavy (non-hydrogen) atoms. The van der Waals surface area contributed by atoms with Crippen LogP contribution < -0.4 is 4.72 Å². The number of nitrogens with one attached hydrogen (secondary N) is 1. The van der Waals surface area contributed by atoms with Gasteiger partial charge in [-0.3, -0.25) is 0 Å². The smallest absolute Gasteiger partial charge is 0.208 e. The van der Waals surface area contributed by atoms with E-state index in [2.05, 4.69) is 20.7 Å². The Morgan fingerprint density at radius 3 is 2.39 bits per heavy atom. The van der Waals surface area contributed by atoms with Crippen LogP contribution in [-0.4, -0.2) is 14.5 Å². The zero-order chi connectivity index (χ0) is 12.8. The van der Waals surface area contributed by atoms with Crippen LogP contribution in [0.25, 0.3) is 0 Å². The Bertz CT molecular complexity index is 541. The fourth-order valence-corrected chi connectivity index (χ4v) is 4.85. The first-order valence-corrected chi connectivity index (χ1v) is 8.60. The second kappa shape index (κ2) is 4.62. The van der Waals surface area contributed by atoms with Crippen molar-refractivity contribution in [2.75, 3.05) is 0 Å². The lowest BCUT2D eigenvalue weighted by molar-refractivity contribution is 0.390. The van der Waals surface area contributed by atoms with Gasteiger partial charge in [0.2, 0.25) is 10.0 Å². The molecule has 1 aromatic rings. The highest BCUT2D eigenvalue weighted by Gasteiger charge is 2.41. The number of benzene rings is 1. The van der Waals surface area contributed by atoms with Crippen molar-refractivity contribution >= 4 is 26.0 Å². The van der Waals surface area contributed by atoms with Crippen molar-refractivity contribution < 1.29 is 8.42 Å². The quantitative estimate of drug-likeness (QED) is 0.926. The normalized spacial score (nSPS) is 30.8. The molecular weight excluding hydrogens is 314 g/mol. The molecule has 0 saturated heterocycles. The second-order valence-electron chi connectivity index (χ2n) is 5.36. The van der Waals surface area contributed by atoms with Crippen molar-refractivity contribution in [1.29, 1.82) is 0 Å². The molecule has 1 N–H and O–H groups in total. The summed E-state index contributed by atoms with van der Waals surface area (Å²) in [4.78, 5) is 0.355. The van der Waals surface area contributed by atoms with E-state index in [0.717, 1.165) is 16.8 Å². The topological polar surface area (TPSA) is 46.2 Å². The van der Waals surface area contributed by atoms with Crippen LogP contribution in [0.4, 0.5) is 0 Å². The Hall–Kier alpha value is -0.390. The molecule has 0 aromatic heterocycles. The maximum Gasteiger partial charge on any atom is 0.240 e. The fourth-order valence-electron chi connectivity index (χ4n) is 3.27. The van der Waals surface area contributed by atoms with E-state index in [-0.39, 0.29) is 6.04 Å². The van der Waals surface area contributed by atoms with Gasteiger partial charge in [-0.15, -0.1) is 0 Å². The van der Waals surface area contributed by atoms with Crippen LogP contribution in [0.2, 0.25) is 0 Å². The molecule has 2 fully saturated rings. The van der Waals surface area contributed by atoms with Crippen molar-refractivity contribution in [1.82, 2.24) is 4.72 Å². The third-order valence-electron chi connectivity index (χ3n) is 4.17. The van der Waals surface area contributed by atoms with E-state index in [1.807, 2.05) is 0 Å². The monoisotopic (exact) mass is 329 g/mol. The molecule has 0 aliphatic heterocycles. The van der Waals surface area contributed by atoms with E-state index in [9.17, 15) is 8.42 Å². The molecule has 3 nitrogen and oxygen atoms in total. The Labute approximate surface area is 116 Å². The molecule has 2 saturated carbocycles. The van der Waals surface area contributed by atoms with Crippen LogP contribution >= 0.6 is 15.9 Å². The van der Waals surface area contributed by atoms with Crippen molar-refractivity contribution in [3.63, 3.8) is 0 Å². The number of sulfonamides is 1. The Morgan fingerprint density at radius 1 is 1.11 bits per heavy atom. The summed E-state index contributed by atoms with van der Waals surface area (Å²) < 4.78 is 28.3.